The SMILES string of the molecule is COc1ccc(-c2cn3cccc(C)c3n2)cc1NC(=O)c1cc(-c2ccccc2)nn1C. The number of anilines is 1. The van der Waals surface area contributed by atoms with Crippen LogP contribution in [0, 0.1) is 6.92 Å². The number of aromatic nitrogens is 4. The Labute approximate surface area is 191 Å². The minimum Gasteiger partial charge on any atom is -0.495 e. The number of nitrogens with zero attached hydrogens (tertiary/aromatic N) is 4. The Balaban J connectivity index is 1.47. The topological polar surface area (TPSA) is 73.5 Å². The Kier molecular flexibility index (Phi) is 5.14. The molecule has 0 fully saturated rings. The Morgan fingerprint density at radius 2 is 1.79 bits per heavy atom. The van der Waals surface area contributed by atoms with Gasteiger partial charge in [0.15, 0.2) is 0 Å². The van der Waals surface area contributed by atoms with Gasteiger partial charge in [0, 0.05) is 30.6 Å². The number of methoxy groups -OCH3 is 1. The third-order valence-electron chi connectivity index (χ3n) is 5.60. The van der Waals surface area contributed by atoms with Gasteiger partial charge in [-0.15, -0.1) is 0 Å². The van der Waals surface area contributed by atoms with Gasteiger partial charge in [-0.05, 0) is 42.8 Å². The van der Waals surface area contributed by atoms with Crippen molar-refractivity contribution in [3.63, 3.8) is 0 Å². The van der Waals surface area contributed by atoms with Crippen LogP contribution in [0.3, 0.4) is 0 Å². The van der Waals surface area contributed by atoms with Crippen molar-refractivity contribution >= 4 is 17.2 Å². The molecule has 7 heteroatoms. The largest absolute Gasteiger partial charge is 0.495 e. The smallest absolute Gasteiger partial charge is 0.274 e. The van der Waals surface area contributed by atoms with Crippen molar-refractivity contribution < 1.29 is 9.53 Å². The molecule has 1 amide bonds. The van der Waals surface area contributed by atoms with Gasteiger partial charge in [-0.3, -0.25) is 9.48 Å². The van der Waals surface area contributed by atoms with Crippen LogP contribution in [0.15, 0.2) is 79.1 Å². The van der Waals surface area contributed by atoms with Crippen LogP contribution in [0.25, 0.3) is 28.2 Å². The van der Waals surface area contributed by atoms with E-state index in [2.05, 4.69) is 10.4 Å². The van der Waals surface area contributed by atoms with E-state index in [9.17, 15) is 4.79 Å². The summed E-state index contributed by atoms with van der Waals surface area (Å²) in [5.41, 5.74) is 6.39. The number of benzene rings is 2. The van der Waals surface area contributed by atoms with Gasteiger partial charge in [0.2, 0.25) is 0 Å². The van der Waals surface area contributed by atoms with Gasteiger partial charge in [0.1, 0.15) is 17.1 Å². The number of fused-ring (bicyclic) bond motifs is 1. The maximum absolute atomic E-state index is 13.1. The van der Waals surface area contributed by atoms with Gasteiger partial charge in [-0.2, -0.15) is 5.10 Å². The number of pyridine rings is 1. The number of ether oxygens (including phenoxy) is 1. The highest BCUT2D eigenvalue weighted by molar-refractivity contribution is 6.04. The van der Waals surface area contributed by atoms with Gasteiger partial charge in [0.25, 0.3) is 5.91 Å². The van der Waals surface area contributed by atoms with E-state index in [1.807, 2.05) is 84.4 Å². The monoisotopic (exact) mass is 437 g/mol. The second-order valence-electron chi connectivity index (χ2n) is 7.82. The molecule has 5 rings (SSSR count). The van der Waals surface area contributed by atoms with E-state index in [1.54, 1.807) is 24.9 Å². The number of hydrogen-bond acceptors (Lipinski definition) is 4. The summed E-state index contributed by atoms with van der Waals surface area (Å²) >= 11 is 0. The molecule has 3 heterocycles. The first kappa shape index (κ1) is 20.5. The molecule has 0 radical (unpaired) electrons. The first-order chi connectivity index (χ1) is 16.0. The Bertz CT molecular complexity index is 1470. The van der Waals surface area contributed by atoms with Crippen LogP contribution in [0.2, 0.25) is 0 Å². The van der Waals surface area contributed by atoms with Gasteiger partial charge in [-0.1, -0.05) is 36.4 Å². The highest BCUT2D eigenvalue weighted by Gasteiger charge is 2.17. The highest BCUT2D eigenvalue weighted by atomic mass is 16.5. The summed E-state index contributed by atoms with van der Waals surface area (Å²) in [5, 5.41) is 7.47. The van der Waals surface area contributed by atoms with Crippen molar-refractivity contribution in [1.29, 1.82) is 0 Å². The molecule has 0 bridgehead atoms. The molecule has 0 aliphatic rings. The standard InChI is InChI=1S/C26H23N5O2/c1-17-8-7-13-31-16-22(27-25(17)31)19-11-12-24(33-3)21(14-19)28-26(32)23-15-20(29-30(23)2)18-9-5-4-6-10-18/h4-16H,1-3H3,(H,28,32). The van der Waals surface area contributed by atoms with E-state index < -0.39 is 0 Å². The Morgan fingerprint density at radius 1 is 0.970 bits per heavy atom. The van der Waals surface area contributed by atoms with E-state index in [1.165, 1.54) is 0 Å². The molecule has 0 unspecified atom stereocenters. The number of hydrogen-bond donors (Lipinski definition) is 1. The molecule has 0 spiro atoms. The fourth-order valence-corrected chi connectivity index (χ4v) is 3.87. The lowest BCUT2D eigenvalue weighted by molar-refractivity contribution is 0.101. The number of imidazole rings is 1. The number of rotatable bonds is 5. The molecular weight excluding hydrogens is 414 g/mol. The van der Waals surface area contributed by atoms with E-state index >= 15 is 0 Å². The average molecular weight is 438 g/mol. The van der Waals surface area contributed by atoms with E-state index in [0.29, 0.717) is 17.1 Å². The van der Waals surface area contributed by atoms with E-state index in [0.717, 1.165) is 33.7 Å². The molecule has 2 aromatic carbocycles. The quantitative estimate of drug-likeness (QED) is 0.421. The number of carbonyl (C=O) groups excluding carboxylic acids is 1. The maximum atomic E-state index is 13.1. The van der Waals surface area contributed by atoms with Crippen LogP contribution in [0.5, 0.6) is 5.75 Å². The molecule has 0 aliphatic carbocycles. The summed E-state index contributed by atoms with van der Waals surface area (Å²) in [4.78, 5) is 17.9. The second kappa shape index (κ2) is 8.27. The minimum absolute atomic E-state index is 0.270. The van der Waals surface area contributed by atoms with Crippen LogP contribution in [-0.4, -0.2) is 32.2 Å². The highest BCUT2D eigenvalue weighted by Crippen LogP contribution is 2.31. The van der Waals surface area contributed by atoms with Gasteiger partial charge in [0.05, 0.1) is 24.2 Å². The molecule has 0 saturated carbocycles. The van der Waals surface area contributed by atoms with Crippen molar-refractivity contribution in [2.24, 2.45) is 7.05 Å². The summed E-state index contributed by atoms with van der Waals surface area (Å²) in [6.45, 7) is 2.03. The lowest BCUT2D eigenvalue weighted by Gasteiger charge is -2.11. The lowest BCUT2D eigenvalue weighted by Crippen LogP contribution is -2.16. The molecule has 1 N–H and O–H groups in total. The predicted octanol–water partition coefficient (Wildman–Crippen LogP) is 4.97. The molecule has 3 aromatic heterocycles. The Morgan fingerprint density at radius 3 is 2.55 bits per heavy atom. The zero-order valence-corrected chi connectivity index (χ0v) is 18.6. The second-order valence-corrected chi connectivity index (χ2v) is 7.82. The third kappa shape index (κ3) is 3.85. The van der Waals surface area contributed by atoms with Gasteiger partial charge < -0.3 is 14.5 Å². The van der Waals surface area contributed by atoms with Gasteiger partial charge >= 0.3 is 0 Å². The Hall–Kier alpha value is -4.39. The minimum atomic E-state index is -0.270. The lowest BCUT2D eigenvalue weighted by atomic mass is 10.1. The van der Waals surface area contributed by atoms with E-state index in [4.69, 9.17) is 9.72 Å². The van der Waals surface area contributed by atoms with E-state index in [-0.39, 0.29) is 5.91 Å². The molecule has 33 heavy (non-hydrogen) atoms. The molecule has 7 nitrogen and oxygen atoms in total. The fraction of sp³-hybridized carbons (Fsp3) is 0.115. The normalized spacial score (nSPS) is 11.0. The summed E-state index contributed by atoms with van der Waals surface area (Å²) < 4.78 is 9.07. The summed E-state index contributed by atoms with van der Waals surface area (Å²) in [6.07, 6.45) is 3.95. The van der Waals surface area contributed by atoms with Crippen LogP contribution < -0.4 is 10.1 Å². The van der Waals surface area contributed by atoms with Crippen molar-refractivity contribution in [3.8, 4) is 28.3 Å². The molecule has 0 aliphatic heterocycles. The van der Waals surface area contributed by atoms with Gasteiger partial charge in [-0.25, -0.2) is 4.98 Å². The predicted molar refractivity (Wildman–Crippen MR) is 129 cm³/mol. The summed E-state index contributed by atoms with van der Waals surface area (Å²) in [6, 6.07) is 21.2. The number of amides is 1. The number of carbonyl (C=O) groups is 1. The first-order valence-electron chi connectivity index (χ1n) is 10.6. The summed E-state index contributed by atoms with van der Waals surface area (Å²) in [7, 11) is 3.34. The van der Waals surface area contributed by atoms with Crippen molar-refractivity contribution in [2.45, 2.75) is 6.92 Å². The van der Waals surface area contributed by atoms with Crippen molar-refractivity contribution in [1.82, 2.24) is 19.2 Å². The molecular formula is C26H23N5O2. The third-order valence-corrected chi connectivity index (χ3v) is 5.60. The molecule has 164 valence electrons. The zero-order valence-electron chi connectivity index (χ0n) is 18.6. The zero-order chi connectivity index (χ0) is 22.9. The average Bonchev–Trinajstić information content (AvgIpc) is 3.44. The number of aryl methyl sites for hydroxylation is 2. The van der Waals surface area contributed by atoms with Crippen molar-refractivity contribution in [2.75, 3.05) is 12.4 Å². The molecule has 5 aromatic rings. The van der Waals surface area contributed by atoms with Crippen LogP contribution in [0.1, 0.15) is 16.1 Å². The number of nitrogens with one attached hydrogen (secondary N) is 1. The van der Waals surface area contributed by atoms with Crippen LogP contribution in [0.4, 0.5) is 5.69 Å². The van der Waals surface area contributed by atoms with Crippen LogP contribution >= 0.6 is 0 Å². The fourth-order valence-electron chi connectivity index (χ4n) is 3.87. The molecule has 0 saturated heterocycles. The first-order valence-corrected chi connectivity index (χ1v) is 10.6. The maximum Gasteiger partial charge on any atom is 0.274 e. The molecule has 0 atom stereocenters. The summed E-state index contributed by atoms with van der Waals surface area (Å²) in [5.74, 6) is 0.297. The van der Waals surface area contributed by atoms with Crippen LogP contribution in [-0.2, 0) is 7.05 Å². The van der Waals surface area contributed by atoms with Crippen molar-refractivity contribution in [3.05, 3.63) is 90.4 Å².